The van der Waals surface area contributed by atoms with Crippen molar-refractivity contribution in [3.05, 3.63) is 47.7 Å². The van der Waals surface area contributed by atoms with Crippen LogP contribution in [0.25, 0.3) is 0 Å². The van der Waals surface area contributed by atoms with E-state index in [1.807, 2.05) is 28.0 Å². The molecule has 1 aromatic carbocycles. The minimum Gasteiger partial charge on any atom is -0.493 e. The molecule has 0 unspecified atom stereocenters. The average Bonchev–Trinajstić information content (AvgIpc) is 3.37. The van der Waals surface area contributed by atoms with Gasteiger partial charge in [0.05, 0.1) is 12.7 Å². The van der Waals surface area contributed by atoms with E-state index in [0.717, 1.165) is 44.5 Å². The number of carbonyl (C=O) groups excluding carboxylic acids is 2. The summed E-state index contributed by atoms with van der Waals surface area (Å²) in [6.07, 6.45) is 3.68. The molecule has 0 radical (unpaired) electrons. The van der Waals surface area contributed by atoms with Gasteiger partial charge in [-0.25, -0.2) is 4.98 Å². The van der Waals surface area contributed by atoms with Crippen LogP contribution in [0.3, 0.4) is 0 Å². The monoisotopic (exact) mass is 438 g/mol. The Morgan fingerprint density at radius 2 is 1.69 bits per heavy atom. The summed E-state index contributed by atoms with van der Waals surface area (Å²) in [5, 5.41) is 0. The number of hydrogen-bond donors (Lipinski definition) is 1. The molecule has 170 valence electrons. The van der Waals surface area contributed by atoms with E-state index in [9.17, 15) is 9.59 Å². The van der Waals surface area contributed by atoms with Crippen LogP contribution in [0, 0.1) is 0 Å². The predicted molar refractivity (Wildman–Crippen MR) is 121 cm³/mol. The summed E-state index contributed by atoms with van der Waals surface area (Å²) in [5.41, 5.74) is 7.51. The first-order chi connectivity index (χ1) is 15.6. The number of piperidine rings is 1. The lowest BCUT2D eigenvalue weighted by molar-refractivity contribution is -0.134. The molecule has 3 heterocycles. The standard InChI is InChI=1S/C24H30N4O4/c1-31-20-6-2-3-7-21(20)32-16-22(29)27-14-10-17(11-15-27)19-9-8-18(23(25)26-19)24(30)28-12-4-5-13-28/h2-3,6-9,17H,4-5,10-16H2,1H3,(H2,25,26). The molecule has 0 saturated carbocycles. The van der Waals surface area contributed by atoms with Crippen molar-refractivity contribution < 1.29 is 19.1 Å². The van der Waals surface area contributed by atoms with E-state index in [1.54, 1.807) is 25.3 Å². The van der Waals surface area contributed by atoms with Gasteiger partial charge in [0.25, 0.3) is 11.8 Å². The fourth-order valence-corrected chi connectivity index (χ4v) is 4.38. The molecule has 0 spiro atoms. The topological polar surface area (TPSA) is 98.0 Å². The maximum absolute atomic E-state index is 12.6. The van der Waals surface area contributed by atoms with Crippen LogP contribution in [0.1, 0.15) is 47.7 Å². The van der Waals surface area contributed by atoms with E-state index in [1.165, 1.54) is 0 Å². The van der Waals surface area contributed by atoms with Crippen LogP contribution < -0.4 is 15.2 Å². The van der Waals surface area contributed by atoms with E-state index in [4.69, 9.17) is 15.2 Å². The van der Waals surface area contributed by atoms with Gasteiger partial charge >= 0.3 is 0 Å². The van der Waals surface area contributed by atoms with E-state index in [2.05, 4.69) is 4.98 Å². The molecule has 0 atom stereocenters. The third-order valence-corrected chi connectivity index (χ3v) is 6.26. The first-order valence-electron chi connectivity index (χ1n) is 11.2. The Hall–Kier alpha value is -3.29. The van der Waals surface area contributed by atoms with Crippen LogP contribution in [0.2, 0.25) is 0 Å². The van der Waals surface area contributed by atoms with Gasteiger partial charge in [-0.3, -0.25) is 9.59 Å². The fourth-order valence-electron chi connectivity index (χ4n) is 4.38. The molecule has 2 aliphatic heterocycles. The van der Waals surface area contributed by atoms with Crippen molar-refractivity contribution in [2.24, 2.45) is 0 Å². The van der Waals surface area contributed by atoms with Crippen LogP contribution in [0.4, 0.5) is 5.82 Å². The maximum atomic E-state index is 12.6. The largest absolute Gasteiger partial charge is 0.493 e. The first kappa shape index (κ1) is 21.9. The van der Waals surface area contributed by atoms with Gasteiger partial charge in [0.2, 0.25) is 0 Å². The SMILES string of the molecule is COc1ccccc1OCC(=O)N1CCC(c2ccc(C(=O)N3CCCC3)c(N)n2)CC1. The molecule has 1 aromatic heterocycles. The molecule has 0 bridgehead atoms. The second kappa shape index (κ2) is 9.89. The van der Waals surface area contributed by atoms with Crippen LogP contribution in [-0.4, -0.2) is 66.5 Å². The Morgan fingerprint density at radius 1 is 1.00 bits per heavy atom. The van der Waals surface area contributed by atoms with Crippen molar-refractivity contribution in [1.82, 2.24) is 14.8 Å². The highest BCUT2D eigenvalue weighted by Crippen LogP contribution is 2.29. The molecular formula is C24H30N4O4. The van der Waals surface area contributed by atoms with E-state index in [0.29, 0.717) is 36.0 Å². The third-order valence-electron chi connectivity index (χ3n) is 6.26. The number of nitrogens with two attached hydrogens (primary N) is 1. The van der Waals surface area contributed by atoms with Gasteiger partial charge < -0.3 is 25.0 Å². The molecule has 0 aliphatic carbocycles. The zero-order valence-corrected chi connectivity index (χ0v) is 18.5. The molecule has 2 saturated heterocycles. The van der Waals surface area contributed by atoms with Crippen LogP contribution in [-0.2, 0) is 4.79 Å². The Bertz CT molecular complexity index is 966. The third kappa shape index (κ3) is 4.79. The van der Waals surface area contributed by atoms with Gasteiger partial charge in [-0.2, -0.15) is 0 Å². The lowest BCUT2D eigenvalue weighted by Crippen LogP contribution is -2.40. The summed E-state index contributed by atoms with van der Waals surface area (Å²) in [4.78, 5) is 33.4. The molecule has 32 heavy (non-hydrogen) atoms. The summed E-state index contributed by atoms with van der Waals surface area (Å²) in [6.45, 7) is 2.81. The summed E-state index contributed by atoms with van der Waals surface area (Å²) in [5.74, 6) is 1.59. The van der Waals surface area contributed by atoms with Crippen molar-refractivity contribution in [2.75, 3.05) is 45.6 Å². The van der Waals surface area contributed by atoms with Gasteiger partial charge in [0.15, 0.2) is 18.1 Å². The van der Waals surface area contributed by atoms with Crippen LogP contribution in [0.5, 0.6) is 11.5 Å². The van der Waals surface area contributed by atoms with Gasteiger partial charge in [0, 0.05) is 37.8 Å². The number of carbonyl (C=O) groups is 2. The summed E-state index contributed by atoms with van der Waals surface area (Å²) in [6, 6.07) is 11.0. The highest BCUT2D eigenvalue weighted by molar-refractivity contribution is 5.98. The Balaban J connectivity index is 1.31. The van der Waals surface area contributed by atoms with Gasteiger partial charge in [-0.1, -0.05) is 12.1 Å². The highest BCUT2D eigenvalue weighted by Gasteiger charge is 2.27. The second-order valence-corrected chi connectivity index (χ2v) is 8.26. The Morgan fingerprint density at radius 3 is 2.34 bits per heavy atom. The molecule has 4 rings (SSSR count). The molecular weight excluding hydrogens is 408 g/mol. The van der Waals surface area contributed by atoms with Crippen LogP contribution in [0.15, 0.2) is 36.4 Å². The molecule has 8 nitrogen and oxygen atoms in total. The number of anilines is 1. The van der Waals surface area contributed by atoms with E-state index in [-0.39, 0.29) is 24.3 Å². The number of ether oxygens (including phenoxy) is 2. The van der Waals surface area contributed by atoms with Crippen molar-refractivity contribution in [3.8, 4) is 11.5 Å². The summed E-state index contributed by atoms with van der Waals surface area (Å²) >= 11 is 0. The summed E-state index contributed by atoms with van der Waals surface area (Å²) in [7, 11) is 1.57. The lowest BCUT2D eigenvalue weighted by atomic mass is 9.92. The lowest BCUT2D eigenvalue weighted by Gasteiger charge is -2.32. The normalized spacial score (nSPS) is 16.8. The van der Waals surface area contributed by atoms with E-state index >= 15 is 0 Å². The first-order valence-corrected chi connectivity index (χ1v) is 11.2. The van der Waals surface area contributed by atoms with E-state index < -0.39 is 0 Å². The smallest absolute Gasteiger partial charge is 0.260 e. The zero-order chi connectivity index (χ0) is 22.5. The quantitative estimate of drug-likeness (QED) is 0.745. The number of rotatable bonds is 6. The number of nitrogens with zero attached hydrogens (tertiary/aromatic N) is 3. The fraction of sp³-hybridized carbons (Fsp3) is 0.458. The Kier molecular flexibility index (Phi) is 6.78. The molecule has 2 amide bonds. The number of methoxy groups -OCH3 is 1. The maximum Gasteiger partial charge on any atom is 0.260 e. The number of amides is 2. The zero-order valence-electron chi connectivity index (χ0n) is 18.5. The molecule has 2 aliphatic rings. The van der Waals surface area contributed by atoms with Crippen molar-refractivity contribution >= 4 is 17.6 Å². The number of likely N-dealkylation sites (tertiary alicyclic amines) is 2. The molecule has 2 fully saturated rings. The number of pyridine rings is 1. The number of para-hydroxylation sites is 2. The van der Waals surface area contributed by atoms with Crippen molar-refractivity contribution in [3.63, 3.8) is 0 Å². The molecule has 2 N–H and O–H groups in total. The predicted octanol–water partition coefficient (Wildman–Crippen LogP) is 2.69. The number of aromatic nitrogens is 1. The van der Waals surface area contributed by atoms with Crippen molar-refractivity contribution in [1.29, 1.82) is 0 Å². The highest BCUT2D eigenvalue weighted by atomic mass is 16.5. The number of nitrogen functional groups attached to an aromatic ring is 1. The van der Waals surface area contributed by atoms with Crippen LogP contribution >= 0.6 is 0 Å². The minimum absolute atomic E-state index is 0.0243. The average molecular weight is 439 g/mol. The Labute approximate surface area is 188 Å². The van der Waals surface area contributed by atoms with Crippen molar-refractivity contribution in [2.45, 2.75) is 31.6 Å². The minimum atomic E-state index is -0.0478. The molecule has 2 aromatic rings. The second-order valence-electron chi connectivity index (χ2n) is 8.26. The number of benzene rings is 1. The van der Waals surface area contributed by atoms with Gasteiger partial charge in [-0.05, 0) is 49.9 Å². The molecule has 8 heteroatoms. The van der Waals surface area contributed by atoms with Gasteiger partial charge in [0.1, 0.15) is 5.82 Å². The number of hydrogen-bond acceptors (Lipinski definition) is 6. The summed E-state index contributed by atoms with van der Waals surface area (Å²) < 4.78 is 10.9. The van der Waals surface area contributed by atoms with Gasteiger partial charge in [-0.15, -0.1) is 0 Å².